The number of rotatable bonds is 6. The summed E-state index contributed by atoms with van der Waals surface area (Å²) in [5.41, 5.74) is 9.24. The number of amides is 1. The van der Waals surface area contributed by atoms with E-state index in [0.29, 0.717) is 11.1 Å². The lowest BCUT2D eigenvalue weighted by Gasteiger charge is -2.13. The van der Waals surface area contributed by atoms with Gasteiger partial charge in [-0.2, -0.15) is 0 Å². The first-order valence-electron chi connectivity index (χ1n) is 7.33. The Morgan fingerprint density at radius 3 is 2.04 bits per heavy atom. The van der Waals surface area contributed by atoms with E-state index in [9.17, 15) is 9.59 Å². The summed E-state index contributed by atoms with van der Waals surface area (Å²) in [6.07, 6.45) is -0.295. The highest BCUT2D eigenvalue weighted by Gasteiger charge is 2.17. The average molecular weight is 339 g/mol. The van der Waals surface area contributed by atoms with E-state index in [2.05, 4.69) is 0 Å². The van der Waals surface area contributed by atoms with Crippen LogP contribution in [0.5, 0.6) is 0 Å². The van der Waals surface area contributed by atoms with Crippen molar-refractivity contribution in [2.75, 3.05) is 0 Å². The minimum atomic E-state index is -1.06. The van der Waals surface area contributed by atoms with Crippen molar-refractivity contribution < 1.29 is 19.9 Å². The lowest BCUT2D eigenvalue weighted by Crippen LogP contribution is -2.23. The maximum absolute atomic E-state index is 11.6. The van der Waals surface area contributed by atoms with Crippen LogP contribution in [0.1, 0.15) is 27.9 Å². The molecule has 0 aromatic heterocycles. The molecule has 6 N–H and O–H groups in total. The number of nitrogens with one attached hydrogen (secondary N) is 2. The summed E-state index contributed by atoms with van der Waals surface area (Å²) >= 11 is 0. The third-order valence-corrected chi connectivity index (χ3v) is 3.59. The predicted molar refractivity (Wildman–Crippen MR) is 92.3 cm³/mol. The molecule has 0 radical (unpaired) electrons. The summed E-state index contributed by atoms with van der Waals surface area (Å²) in [5.74, 6) is -1.77. The molecule has 0 unspecified atom stereocenters. The summed E-state index contributed by atoms with van der Waals surface area (Å²) in [6.45, 7) is 0. The molecule has 1 amide bonds. The Morgan fingerprint density at radius 2 is 1.52 bits per heavy atom. The number of carboxylic acids is 1. The number of hydrogen-bond acceptors (Lipinski definition) is 5. The minimum Gasteiger partial charge on any atom is -0.478 e. The van der Waals surface area contributed by atoms with Gasteiger partial charge in [-0.15, -0.1) is 0 Å². The lowest BCUT2D eigenvalue weighted by atomic mass is 9.95. The summed E-state index contributed by atoms with van der Waals surface area (Å²) in [5, 5.41) is 26.1. The summed E-state index contributed by atoms with van der Waals surface area (Å²) in [4.78, 5) is 22.5. The van der Waals surface area contributed by atoms with E-state index < -0.39 is 11.9 Å². The fourth-order valence-corrected chi connectivity index (χ4v) is 2.26. The Hall–Kier alpha value is -3.45. The van der Waals surface area contributed by atoms with E-state index in [1.807, 2.05) is 0 Å². The second-order valence-electron chi connectivity index (χ2n) is 5.23. The van der Waals surface area contributed by atoms with Gasteiger partial charge < -0.3 is 10.8 Å². The fraction of sp³-hybridized carbons (Fsp3) is 0.0556. The van der Waals surface area contributed by atoms with Crippen LogP contribution in [-0.2, 0) is 4.79 Å². The third kappa shape index (κ3) is 4.30. The molecular weight excluding hydrogens is 322 g/mol. The fourth-order valence-electron chi connectivity index (χ4n) is 2.26. The van der Waals surface area contributed by atoms with Gasteiger partial charge in [0.05, 0.1) is 17.7 Å². The number of carboxylic acid groups (broad SMARTS) is 1. The smallest absolute Gasteiger partial charge is 0.335 e. The molecule has 2 aromatic carbocycles. The van der Waals surface area contributed by atoms with Gasteiger partial charge in [0.2, 0.25) is 5.91 Å². The first kappa shape index (κ1) is 17.9. The van der Waals surface area contributed by atoms with Gasteiger partial charge in [-0.3, -0.25) is 15.4 Å². The SMILES string of the molecule is N=C(/C(CC(=O)NO)=C(\N)c1ccc(C(=O)O)cc1)c1ccccc1. The molecule has 0 spiro atoms. The van der Waals surface area contributed by atoms with E-state index >= 15 is 0 Å². The molecule has 0 bridgehead atoms. The van der Waals surface area contributed by atoms with E-state index in [-0.39, 0.29) is 29.0 Å². The first-order chi connectivity index (χ1) is 11.9. The van der Waals surface area contributed by atoms with Crippen LogP contribution in [0.4, 0.5) is 0 Å². The van der Waals surface area contributed by atoms with Crippen molar-refractivity contribution in [2.24, 2.45) is 5.73 Å². The highest BCUT2D eigenvalue weighted by Crippen LogP contribution is 2.21. The van der Waals surface area contributed by atoms with E-state index in [1.54, 1.807) is 30.3 Å². The number of nitrogens with two attached hydrogens (primary N) is 1. The van der Waals surface area contributed by atoms with E-state index in [1.165, 1.54) is 29.7 Å². The molecule has 2 aromatic rings. The number of carbonyl (C=O) groups is 2. The molecular formula is C18H17N3O4. The van der Waals surface area contributed by atoms with Crippen molar-refractivity contribution >= 4 is 23.3 Å². The molecule has 0 fully saturated rings. The van der Waals surface area contributed by atoms with Crippen LogP contribution < -0.4 is 11.2 Å². The Kier molecular flexibility index (Phi) is 5.65. The highest BCUT2D eigenvalue weighted by molar-refractivity contribution is 6.16. The number of hydroxylamine groups is 1. The maximum atomic E-state index is 11.6. The topological polar surface area (TPSA) is 136 Å². The zero-order valence-corrected chi connectivity index (χ0v) is 13.2. The zero-order chi connectivity index (χ0) is 18.4. The summed E-state index contributed by atoms with van der Waals surface area (Å²) in [7, 11) is 0. The lowest BCUT2D eigenvalue weighted by molar-refractivity contribution is -0.128. The molecule has 25 heavy (non-hydrogen) atoms. The van der Waals surface area contributed by atoms with Gasteiger partial charge in [0.1, 0.15) is 0 Å². The molecule has 0 saturated heterocycles. The molecule has 7 heteroatoms. The van der Waals surface area contributed by atoms with Crippen molar-refractivity contribution in [1.29, 1.82) is 5.41 Å². The number of benzene rings is 2. The molecule has 0 heterocycles. The predicted octanol–water partition coefficient (Wildman–Crippen LogP) is 2.02. The van der Waals surface area contributed by atoms with Crippen LogP contribution >= 0.6 is 0 Å². The van der Waals surface area contributed by atoms with Crippen molar-refractivity contribution in [3.63, 3.8) is 0 Å². The molecule has 2 rings (SSSR count). The molecule has 0 saturated carbocycles. The van der Waals surface area contributed by atoms with Gasteiger partial charge in [0.25, 0.3) is 0 Å². The van der Waals surface area contributed by atoms with Gasteiger partial charge in [-0.05, 0) is 23.3 Å². The second-order valence-corrected chi connectivity index (χ2v) is 5.23. The van der Waals surface area contributed by atoms with Gasteiger partial charge in [0.15, 0.2) is 0 Å². The second kappa shape index (κ2) is 7.89. The Labute approximate surface area is 143 Å². The zero-order valence-electron chi connectivity index (χ0n) is 13.2. The van der Waals surface area contributed by atoms with E-state index in [0.717, 1.165) is 0 Å². The molecule has 128 valence electrons. The summed E-state index contributed by atoms with van der Waals surface area (Å²) < 4.78 is 0. The monoisotopic (exact) mass is 339 g/mol. The van der Waals surface area contributed by atoms with Crippen LogP contribution in [0.3, 0.4) is 0 Å². The van der Waals surface area contributed by atoms with Crippen molar-refractivity contribution in [3.05, 3.63) is 76.9 Å². The van der Waals surface area contributed by atoms with Crippen LogP contribution in [0.2, 0.25) is 0 Å². The van der Waals surface area contributed by atoms with Gasteiger partial charge in [-0.1, -0.05) is 42.5 Å². The molecule has 0 aliphatic heterocycles. The van der Waals surface area contributed by atoms with Crippen LogP contribution in [0, 0.1) is 5.41 Å². The summed E-state index contributed by atoms with van der Waals surface area (Å²) in [6, 6.07) is 14.5. The van der Waals surface area contributed by atoms with E-state index in [4.69, 9.17) is 21.5 Å². The Morgan fingerprint density at radius 1 is 0.960 bits per heavy atom. The first-order valence-corrected chi connectivity index (χ1v) is 7.33. The highest BCUT2D eigenvalue weighted by atomic mass is 16.5. The van der Waals surface area contributed by atoms with Crippen molar-refractivity contribution in [3.8, 4) is 0 Å². The Balaban J connectivity index is 2.48. The van der Waals surface area contributed by atoms with Crippen LogP contribution in [-0.4, -0.2) is 27.9 Å². The van der Waals surface area contributed by atoms with Crippen molar-refractivity contribution in [1.82, 2.24) is 5.48 Å². The quantitative estimate of drug-likeness (QED) is 0.311. The standard InChI is InChI=1S/C18H17N3O4/c19-16(11-4-2-1-3-5-11)14(10-15(22)21-25)17(20)12-6-8-13(9-7-12)18(23)24/h1-9,19,25H,10,20H2,(H,21,22)(H,23,24)/b17-14-,19-16?. The van der Waals surface area contributed by atoms with Crippen LogP contribution in [0.25, 0.3) is 5.70 Å². The minimum absolute atomic E-state index is 0.0454. The molecule has 7 nitrogen and oxygen atoms in total. The number of carbonyl (C=O) groups excluding carboxylic acids is 1. The molecule has 0 aliphatic carbocycles. The maximum Gasteiger partial charge on any atom is 0.335 e. The van der Waals surface area contributed by atoms with Crippen LogP contribution in [0.15, 0.2) is 60.2 Å². The normalized spacial score (nSPS) is 11.4. The largest absolute Gasteiger partial charge is 0.478 e. The average Bonchev–Trinajstić information content (AvgIpc) is 2.65. The molecule has 0 atom stereocenters. The number of aromatic carboxylic acids is 1. The molecule has 0 aliphatic rings. The number of hydrogen-bond donors (Lipinski definition) is 5. The third-order valence-electron chi connectivity index (χ3n) is 3.59. The van der Waals surface area contributed by atoms with Gasteiger partial charge in [0, 0.05) is 11.3 Å². The Bertz CT molecular complexity index is 827. The van der Waals surface area contributed by atoms with Gasteiger partial charge in [-0.25, -0.2) is 10.3 Å². The van der Waals surface area contributed by atoms with Gasteiger partial charge >= 0.3 is 5.97 Å². The van der Waals surface area contributed by atoms with Crippen molar-refractivity contribution in [2.45, 2.75) is 6.42 Å².